The second kappa shape index (κ2) is 5.17. The zero-order valence-electron chi connectivity index (χ0n) is 9.45. The number of anilines is 1. The number of hydrogen-bond acceptors (Lipinski definition) is 3. The van der Waals surface area contributed by atoms with Crippen LogP contribution in [0, 0.1) is 0 Å². The van der Waals surface area contributed by atoms with Crippen molar-refractivity contribution in [3.63, 3.8) is 0 Å². The van der Waals surface area contributed by atoms with Gasteiger partial charge in [0.25, 0.3) is 0 Å². The van der Waals surface area contributed by atoms with Crippen LogP contribution in [0.4, 0.5) is 5.69 Å². The van der Waals surface area contributed by atoms with Gasteiger partial charge in [0.05, 0.1) is 12.7 Å². The van der Waals surface area contributed by atoms with E-state index < -0.39 is 0 Å². The predicted molar refractivity (Wildman–Crippen MR) is 69.2 cm³/mol. The maximum Gasteiger partial charge on any atom is 0.0674 e. The average Bonchev–Trinajstić information content (AvgIpc) is 2.24. The molecule has 0 aromatic heterocycles. The van der Waals surface area contributed by atoms with Crippen molar-refractivity contribution in [3.05, 3.63) is 28.2 Å². The maximum absolute atomic E-state index is 5.99. The van der Waals surface area contributed by atoms with E-state index in [0.29, 0.717) is 6.10 Å². The zero-order chi connectivity index (χ0) is 11.5. The fraction of sp³-hybridized carbons (Fsp3) is 0.500. The van der Waals surface area contributed by atoms with Crippen LogP contribution in [0.5, 0.6) is 0 Å². The smallest absolute Gasteiger partial charge is 0.0674 e. The van der Waals surface area contributed by atoms with Gasteiger partial charge >= 0.3 is 0 Å². The highest BCUT2D eigenvalue weighted by molar-refractivity contribution is 9.10. The molecule has 4 heteroatoms. The molecule has 0 bridgehead atoms. The summed E-state index contributed by atoms with van der Waals surface area (Å²) < 4.78 is 6.61. The Labute approximate surface area is 105 Å². The van der Waals surface area contributed by atoms with Crippen molar-refractivity contribution in [2.24, 2.45) is 0 Å². The van der Waals surface area contributed by atoms with Gasteiger partial charge in [-0.05, 0) is 19.1 Å². The predicted octanol–water partition coefficient (Wildman–Crippen LogP) is 2.25. The van der Waals surface area contributed by atoms with Crippen LogP contribution < -0.4 is 5.73 Å². The molecule has 1 unspecified atom stereocenters. The minimum absolute atomic E-state index is 0.317. The summed E-state index contributed by atoms with van der Waals surface area (Å²) in [6, 6.07) is 5.95. The molecule has 0 spiro atoms. The van der Waals surface area contributed by atoms with Gasteiger partial charge in [-0.1, -0.05) is 22.0 Å². The maximum atomic E-state index is 5.99. The first-order valence-corrected chi connectivity index (χ1v) is 6.33. The van der Waals surface area contributed by atoms with Crippen molar-refractivity contribution in [1.29, 1.82) is 0 Å². The highest BCUT2D eigenvalue weighted by Crippen LogP contribution is 2.24. The van der Waals surface area contributed by atoms with Crippen LogP contribution >= 0.6 is 15.9 Å². The van der Waals surface area contributed by atoms with Gasteiger partial charge in [-0.15, -0.1) is 0 Å². The highest BCUT2D eigenvalue weighted by atomic mass is 79.9. The van der Waals surface area contributed by atoms with E-state index in [1.165, 1.54) is 5.56 Å². The Kier molecular flexibility index (Phi) is 3.84. The SMILES string of the molecule is CC1CN(Cc2c(N)cccc2Br)CCO1. The minimum atomic E-state index is 0.317. The Bertz CT molecular complexity index is 350. The summed E-state index contributed by atoms with van der Waals surface area (Å²) in [5.41, 5.74) is 8.02. The lowest BCUT2D eigenvalue weighted by molar-refractivity contribution is -0.0212. The molecule has 1 heterocycles. The molecule has 1 saturated heterocycles. The lowest BCUT2D eigenvalue weighted by Gasteiger charge is -2.31. The van der Waals surface area contributed by atoms with E-state index in [9.17, 15) is 0 Å². The van der Waals surface area contributed by atoms with Gasteiger partial charge < -0.3 is 10.5 Å². The molecule has 1 aromatic carbocycles. The van der Waals surface area contributed by atoms with Gasteiger partial charge in [0.2, 0.25) is 0 Å². The fourth-order valence-electron chi connectivity index (χ4n) is 2.00. The molecule has 16 heavy (non-hydrogen) atoms. The van der Waals surface area contributed by atoms with Crippen LogP contribution in [0.2, 0.25) is 0 Å². The fourth-order valence-corrected chi connectivity index (χ4v) is 2.51. The topological polar surface area (TPSA) is 38.5 Å². The van der Waals surface area contributed by atoms with Gasteiger partial charge in [-0.2, -0.15) is 0 Å². The zero-order valence-corrected chi connectivity index (χ0v) is 11.0. The Balaban J connectivity index is 2.08. The Morgan fingerprint density at radius 1 is 1.56 bits per heavy atom. The monoisotopic (exact) mass is 284 g/mol. The lowest BCUT2D eigenvalue weighted by atomic mass is 10.1. The molecule has 1 aliphatic rings. The quantitative estimate of drug-likeness (QED) is 0.847. The number of benzene rings is 1. The Morgan fingerprint density at radius 3 is 3.06 bits per heavy atom. The molecule has 0 amide bonds. The molecule has 1 fully saturated rings. The number of halogens is 1. The summed E-state index contributed by atoms with van der Waals surface area (Å²) in [5.74, 6) is 0. The number of nitrogens with two attached hydrogens (primary N) is 1. The summed E-state index contributed by atoms with van der Waals surface area (Å²) in [6.45, 7) is 5.76. The normalized spacial score (nSPS) is 22.2. The molecule has 3 nitrogen and oxygen atoms in total. The second-order valence-electron chi connectivity index (χ2n) is 4.22. The van der Waals surface area contributed by atoms with E-state index in [1.54, 1.807) is 0 Å². The third kappa shape index (κ3) is 2.75. The molecule has 0 radical (unpaired) electrons. The summed E-state index contributed by atoms with van der Waals surface area (Å²) in [6.07, 6.45) is 0.317. The van der Waals surface area contributed by atoms with Crippen LogP contribution in [0.3, 0.4) is 0 Å². The van der Waals surface area contributed by atoms with E-state index in [0.717, 1.165) is 36.4 Å². The molecule has 88 valence electrons. The molecule has 0 aliphatic carbocycles. The largest absolute Gasteiger partial charge is 0.398 e. The third-order valence-electron chi connectivity index (χ3n) is 2.86. The van der Waals surface area contributed by atoms with Crippen LogP contribution in [0.25, 0.3) is 0 Å². The molecule has 0 saturated carbocycles. The second-order valence-corrected chi connectivity index (χ2v) is 5.08. The number of nitrogen functional groups attached to an aromatic ring is 1. The van der Waals surface area contributed by atoms with E-state index in [-0.39, 0.29) is 0 Å². The van der Waals surface area contributed by atoms with Crippen molar-refractivity contribution < 1.29 is 4.74 Å². The first-order valence-electron chi connectivity index (χ1n) is 5.53. The van der Waals surface area contributed by atoms with Crippen molar-refractivity contribution in [1.82, 2.24) is 4.90 Å². The molecule has 1 atom stereocenters. The van der Waals surface area contributed by atoms with Crippen molar-refractivity contribution in [3.8, 4) is 0 Å². The van der Waals surface area contributed by atoms with Gasteiger partial charge in [0.15, 0.2) is 0 Å². The summed E-state index contributed by atoms with van der Waals surface area (Å²) in [7, 11) is 0. The van der Waals surface area contributed by atoms with Crippen LogP contribution in [0.15, 0.2) is 22.7 Å². The van der Waals surface area contributed by atoms with Gasteiger partial charge in [0.1, 0.15) is 0 Å². The van der Waals surface area contributed by atoms with Crippen LogP contribution in [0.1, 0.15) is 12.5 Å². The molecule has 2 rings (SSSR count). The van der Waals surface area contributed by atoms with Crippen molar-refractivity contribution in [2.45, 2.75) is 19.6 Å². The number of nitrogens with zero attached hydrogens (tertiary/aromatic N) is 1. The third-order valence-corrected chi connectivity index (χ3v) is 3.60. The average molecular weight is 285 g/mol. The molecular weight excluding hydrogens is 268 g/mol. The summed E-state index contributed by atoms with van der Waals surface area (Å²) in [5, 5.41) is 0. The van der Waals surface area contributed by atoms with Gasteiger partial charge in [-0.3, -0.25) is 4.90 Å². The van der Waals surface area contributed by atoms with E-state index in [2.05, 4.69) is 27.8 Å². The standard InChI is InChI=1S/C12H17BrN2O/c1-9-7-15(5-6-16-9)8-10-11(13)3-2-4-12(10)14/h2-4,9H,5-8,14H2,1H3. The van der Waals surface area contributed by atoms with Gasteiger partial charge in [-0.25, -0.2) is 0 Å². The number of hydrogen-bond donors (Lipinski definition) is 1. The first-order chi connectivity index (χ1) is 7.66. The van der Waals surface area contributed by atoms with Crippen LogP contribution in [-0.2, 0) is 11.3 Å². The van der Waals surface area contributed by atoms with Crippen molar-refractivity contribution in [2.75, 3.05) is 25.4 Å². The minimum Gasteiger partial charge on any atom is -0.398 e. The van der Waals surface area contributed by atoms with E-state index in [1.807, 2.05) is 18.2 Å². The van der Waals surface area contributed by atoms with E-state index in [4.69, 9.17) is 10.5 Å². The molecular formula is C12H17BrN2O. The van der Waals surface area contributed by atoms with Gasteiger partial charge in [0, 0.05) is 35.4 Å². The lowest BCUT2D eigenvalue weighted by Crippen LogP contribution is -2.40. The Morgan fingerprint density at radius 2 is 2.38 bits per heavy atom. The molecule has 2 N–H and O–H groups in total. The molecule has 1 aromatic rings. The first kappa shape index (κ1) is 11.9. The summed E-state index contributed by atoms with van der Waals surface area (Å²) in [4.78, 5) is 2.38. The summed E-state index contributed by atoms with van der Waals surface area (Å²) >= 11 is 3.55. The Hall–Kier alpha value is -0.580. The van der Waals surface area contributed by atoms with Crippen LogP contribution in [-0.4, -0.2) is 30.7 Å². The van der Waals surface area contributed by atoms with Crippen molar-refractivity contribution >= 4 is 21.6 Å². The number of ether oxygens (including phenoxy) is 1. The number of rotatable bonds is 2. The number of morpholine rings is 1. The van der Waals surface area contributed by atoms with E-state index >= 15 is 0 Å². The highest BCUT2D eigenvalue weighted by Gasteiger charge is 2.18. The molecule has 1 aliphatic heterocycles.